The lowest BCUT2D eigenvalue weighted by molar-refractivity contribution is 1.12. The molecule has 4 nitrogen and oxygen atoms in total. The monoisotopic (exact) mass is 250 g/mol. The Bertz CT molecular complexity index is 695. The summed E-state index contributed by atoms with van der Waals surface area (Å²) >= 11 is 0. The first-order chi connectivity index (χ1) is 9.34. The van der Waals surface area contributed by atoms with Crippen molar-refractivity contribution in [1.29, 1.82) is 0 Å². The quantitative estimate of drug-likeness (QED) is 0.750. The Kier molecular flexibility index (Phi) is 2.98. The van der Waals surface area contributed by atoms with E-state index in [1.165, 1.54) is 0 Å². The van der Waals surface area contributed by atoms with Crippen molar-refractivity contribution >= 4 is 22.3 Å². The summed E-state index contributed by atoms with van der Waals surface area (Å²) in [6, 6.07) is 11.9. The lowest BCUT2D eigenvalue weighted by Crippen LogP contribution is -2.04. The van der Waals surface area contributed by atoms with E-state index in [1.54, 1.807) is 12.4 Å². The zero-order valence-electron chi connectivity index (χ0n) is 10.4. The van der Waals surface area contributed by atoms with E-state index in [9.17, 15) is 0 Å². The van der Waals surface area contributed by atoms with Gasteiger partial charge < -0.3 is 11.1 Å². The minimum Gasteiger partial charge on any atom is -0.396 e. The van der Waals surface area contributed by atoms with E-state index < -0.39 is 0 Å². The topological polar surface area (TPSA) is 63.8 Å². The van der Waals surface area contributed by atoms with Gasteiger partial charge in [0.05, 0.1) is 23.1 Å². The van der Waals surface area contributed by atoms with Gasteiger partial charge in [-0.3, -0.25) is 9.97 Å². The maximum Gasteiger partial charge on any atom is 0.0743 e. The molecule has 0 aliphatic rings. The van der Waals surface area contributed by atoms with E-state index in [0.29, 0.717) is 12.2 Å². The van der Waals surface area contributed by atoms with Crippen LogP contribution in [0, 0.1) is 0 Å². The van der Waals surface area contributed by atoms with Crippen molar-refractivity contribution in [2.75, 3.05) is 11.1 Å². The van der Waals surface area contributed by atoms with Crippen molar-refractivity contribution in [3.05, 3.63) is 60.6 Å². The average molecular weight is 250 g/mol. The number of nitrogens with two attached hydrogens (primary N) is 1. The Morgan fingerprint density at radius 1 is 1.05 bits per heavy atom. The smallest absolute Gasteiger partial charge is 0.0743 e. The number of aromatic nitrogens is 2. The van der Waals surface area contributed by atoms with Gasteiger partial charge in [0.2, 0.25) is 0 Å². The summed E-state index contributed by atoms with van der Waals surface area (Å²) in [6.07, 6.45) is 5.29. The zero-order valence-corrected chi connectivity index (χ0v) is 10.4. The molecule has 94 valence electrons. The fourth-order valence-corrected chi connectivity index (χ4v) is 2.05. The van der Waals surface area contributed by atoms with Gasteiger partial charge in [-0.1, -0.05) is 24.3 Å². The molecule has 0 fully saturated rings. The van der Waals surface area contributed by atoms with Crippen LogP contribution in [0.3, 0.4) is 0 Å². The molecule has 4 heteroatoms. The molecule has 0 saturated heterocycles. The van der Waals surface area contributed by atoms with Gasteiger partial charge in [0.25, 0.3) is 0 Å². The molecule has 0 saturated carbocycles. The number of rotatable bonds is 3. The molecule has 3 rings (SSSR count). The lowest BCUT2D eigenvalue weighted by Gasteiger charge is -2.12. The van der Waals surface area contributed by atoms with Crippen molar-refractivity contribution in [1.82, 2.24) is 9.97 Å². The maximum absolute atomic E-state index is 6.01. The van der Waals surface area contributed by atoms with Crippen LogP contribution in [0.2, 0.25) is 0 Å². The predicted molar refractivity (Wildman–Crippen MR) is 77.7 cm³/mol. The van der Waals surface area contributed by atoms with Gasteiger partial charge in [0.15, 0.2) is 0 Å². The molecule has 0 aliphatic heterocycles. The summed E-state index contributed by atoms with van der Waals surface area (Å²) < 4.78 is 0. The Labute approximate surface area is 111 Å². The second-order valence-corrected chi connectivity index (χ2v) is 4.32. The Morgan fingerprint density at radius 2 is 1.95 bits per heavy atom. The molecule has 3 N–H and O–H groups in total. The van der Waals surface area contributed by atoms with Crippen LogP contribution in [0.1, 0.15) is 5.56 Å². The molecule has 0 amide bonds. The highest BCUT2D eigenvalue weighted by Crippen LogP contribution is 2.27. The summed E-state index contributed by atoms with van der Waals surface area (Å²) in [6.45, 7) is 0.687. The van der Waals surface area contributed by atoms with Gasteiger partial charge in [-0.2, -0.15) is 0 Å². The number of fused-ring (bicyclic) bond motifs is 1. The maximum atomic E-state index is 6.01. The lowest BCUT2D eigenvalue weighted by atomic mass is 10.1. The molecule has 1 aromatic carbocycles. The average Bonchev–Trinajstić information content (AvgIpc) is 2.47. The molecule has 19 heavy (non-hydrogen) atoms. The van der Waals surface area contributed by atoms with E-state index in [-0.39, 0.29) is 0 Å². The van der Waals surface area contributed by atoms with Crippen LogP contribution in [-0.4, -0.2) is 9.97 Å². The SMILES string of the molecule is Nc1cnc2ccccc2c1NCc1cccnc1. The third-order valence-corrected chi connectivity index (χ3v) is 3.00. The normalized spacial score (nSPS) is 10.5. The first-order valence-corrected chi connectivity index (χ1v) is 6.10. The molecular formula is C15H14N4. The minimum absolute atomic E-state index is 0.655. The Balaban J connectivity index is 1.94. The molecule has 0 aliphatic carbocycles. The van der Waals surface area contributed by atoms with E-state index in [2.05, 4.69) is 15.3 Å². The van der Waals surface area contributed by atoms with Gasteiger partial charge in [0, 0.05) is 24.3 Å². The summed E-state index contributed by atoms with van der Waals surface area (Å²) in [5.41, 5.74) is 9.64. The summed E-state index contributed by atoms with van der Waals surface area (Å²) in [7, 11) is 0. The first kappa shape index (κ1) is 11.5. The van der Waals surface area contributed by atoms with E-state index in [4.69, 9.17) is 5.73 Å². The van der Waals surface area contributed by atoms with Crippen LogP contribution in [0.5, 0.6) is 0 Å². The molecule has 0 bridgehead atoms. The van der Waals surface area contributed by atoms with E-state index >= 15 is 0 Å². The number of anilines is 2. The van der Waals surface area contributed by atoms with Crippen molar-refractivity contribution < 1.29 is 0 Å². The van der Waals surface area contributed by atoms with Crippen LogP contribution in [0.15, 0.2) is 55.0 Å². The number of pyridine rings is 2. The van der Waals surface area contributed by atoms with Crippen LogP contribution < -0.4 is 11.1 Å². The molecule has 2 heterocycles. The minimum atomic E-state index is 0.655. The molecule has 0 radical (unpaired) electrons. The summed E-state index contributed by atoms with van der Waals surface area (Å²) in [5.74, 6) is 0. The Morgan fingerprint density at radius 3 is 2.79 bits per heavy atom. The molecule has 0 unspecified atom stereocenters. The third-order valence-electron chi connectivity index (χ3n) is 3.00. The van der Waals surface area contributed by atoms with Crippen LogP contribution in [-0.2, 0) is 6.54 Å². The largest absolute Gasteiger partial charge is 0.396 e. The van der Waals surface area contributed by atoms with Gasteiger partial charge in [0.1, 0.15) is 0 Å². The number of benzene rings is 1. The van der Waals surface area contributed by atoms with Gasteiger partial charge >= 0.3 is 0 Å². The number of nitrogens with one attached hydrogen (secondary N) is 1. The number of hydrogen-bond acceptors (Lipinski definition) is 4. The van der Waals surface area contributed by atoms with Crippen molar-refractivity contribution in [2.24, 2.45) is 0 Å². The van der Waals surface area contributed by atoms with Crippen molar-refractivity contribution in [2.45, 2.75) is 6.54 Å². The number of para-hydroxylation sites is 1. The molecule has 0 spiro atoms. The first-order valence-electron chi connectivity index (χ1n) is 6.10. The number of nitrogens with zero attached hydrogens (tertiary/aromatic N) is 2. The second kappa shape index (κ2) is 4.94. The fraction of sp³-hybridized carbons (Fsp3) is 0.0667. The zero-order chi connectivity index (χ0) is 13.1. The fourth-order valence-electron chi connectivity index (χ4n) is 2.05. The Hall–Kier alpha value is -2.62. The third kappa shape index (κ3) is 2.33. The molecule has 3 aromatic rings. The van der Waals surface area contributed by atoms with Crippen LogP contribution in [0.4, 0.5) is 11.4 Å². The predicted octanol–water partition coefficient (Wildman–Crippen LogP) is 2.82. The summed E-state index contributed by atoms with van der Waals surface area (Å²) in [4.78, 5) is 8.42. The van der Waals surface area contributed by atoms with Gasteiger partial charge in [-0.15, -0.1) is 0 Å². The van der Waals surface area contributed by atoms with E-state index in [1.807, 2.05) is 42.6 Å². The molecule has 0 atom stereocenters. The van der Waals surface area contributed by atoms with Gasteiger partial charge in [-0.05, 0) is 17.7 Å². The second-order valence-electron chi connectivity index (χ2n) is 4.32. The molecule has 2 aromatic heterocycles. The van der Waals surface area contributed by atoms with Crippen molar-refractivity contribution in [3.63, 3.8) is 0 Å². The highest BCUT2D eigenvalue weighted by atomic mass is 14.9. The number of nitrogen functional groups attached to an aromatic ring is 1. The van der Waals surface area contributed by atoms with Gasteiger partial charge in [-0.25, -0.2) is 0 Å². The van der Waals surface area contributed by atoms with Crippen molar-refractivity contribution in [3.8, 4) is 0 Å². The summed E-state index contributed by atoms with van der Waals surface area (Å²) in [5, 5.41) is 4.40. The highest BCUT2D eigenvalue weighted by Gasteiger charge is 2.05. The molecular weight excluding hydrogens is 236 g/mol. The van der Waals surface area contributed by atoms with Crippen LogP contribution >= 0.6 is 0 Å². The standard InChI is InChI=1S/C15H14N4/c16-13-10-18-14-6-2-1-5-12(14)15(13)19-9-11-4-3-7-17-8-11/h1-8,10H,9,16H2,(H,18,19). The van der Waals surface area contributed by atoms with E-state index in [0.717, 1.165) is 22.2 Å². The van der Waals surface area contributed by atoms with Crippen LogP contribution in [0.25, 0.3) is 10.9 Å². The number of hydrogen-bond donors (Lipinski definition) is 2. The highest BCUT2D eigenvalue weighted by molar-refractivity contribution is 5.96.